The van der Waals surface area contributed by atoms with Crippen LogP contribution in [-0.2, 0) is 6.54 Å². The van der Waals surface area contributed by atoms with E-state index in [1.165, 1.54) is 13.0 Å². The average Bonchev–Trinajstić information content (AvgIpc) is 3.15. The lowest BCUT2D eigenvalue weighted by Crippen LogP contribution is -2.46. The van der Waals surface area contributed by atoms with Gasteiger partial charge in [-0.05, 0) is 31.0 Å². The van der Waals surface area contributed by atoms with E-state index in [9.17, 15) is 0 Å². The molecule has 3 rings (SSSR count). The highest BCUT2D eigenvalue weighted by Gasteiger charge is 2.18. The van der Waals surface area contributed by atoms with E-state index in [1.807, 2.05) is 18.2 Å². The molecule has 1 aromatic heterocycles. The number of piperazine rings is 1. The maximum Gasteiger partial charge on any atom is 0.132 e. The number of hydrogen-bond acceptors (Lipinski definition) is 6. The number of ether oxygens (including phenoxy) is 2. The average molecular weight is 390 g/mol. The third-order valence-corrected chi connectivity index (χ3v) is 5.99. The molecule has 0 aliphatic carbocycles. The highest BCUT2D eigenvalue weighted by Crippen LogP contribution is 2.35. The van der Waals surface area contributed by atoms with Crippen LogP contribution in [0.3, 0.4) is 0 Å². The minimum Gasteiger partial charge on any atom is -0.497 e. The Bertz CT molecular complexity index is 724. The summed E-state index contributed by atoms with van der Waals surface area (Å²) >= 11 is 1.68. The zero-order valence-electron chi connectivity index (χ0n) is 16.9. The molecule has 0 radical (unpaired) electrons. The molecule has 0 bridgehead atoms. The van der Waals surface area contributed by atoms with Crippen LogP contribution < -0.4 is 9.47 Å². The number of nitrogens with zero attached hydrogens (tertiary/aromatic N) is 3. The maximum atomic E-state index is 5.52. The zero-order chi connectivity index (χ0) is 19.2. The monoisotopic (exact) mass is 389 g/mol. The van der Waals surface area contributed by atoms with Crippen molar-refractivity contribution in [2.24, 2.45) is 5.92 Å². The van der Waals surface area contributed by atoms with Gasteiger partial charge < -0.3 is 14.4 Å². The first-order valence-electron chi connectivity index (χ1n) is 9.70. The van der Waals surface area contributed by atoms with Gasteiger partial charge in [-0.2, -0.15) is 0 Å². The molecule has 6 heteroatoms. The van der Waals surface area contributed by atoms with E-state index in [0.29, 0.717) is 0 Å². The molecule has 2 aromatic rings. The zero-order valence-corrected chi connectivity index (χ0v) is 17.7. The van der Waals surface area contributed by atoms with E-state index in [4.69, 9.17) is 14.5 Å². The van der Waals surface area contributed by atoms with Crippen LogP contribution in [0.1, 0.15) is 26.0 Å². The predicted octanol–water partition coefficient (Wildman–Crippen LogP) is 3.99. The molecule has 2 heterocycles. The fraction of sp³-hybridized carbons (Fsp3) is 0.571. The van der Waals surface area contributed by atoms with Crippen LogP contribution >= 0.6 is 11.3 Å². The van der Waals surface area contributed by atoms with Gasteiger partial charge in [0.15, 0.2) is 0 Å². The van der Waals surface area contributed by atoms with Gasteiger partial charge >= 0.3 is 0 Å². The standard InChI is InChI=1S/C21H31N3O2S/c1-16(2)7-8-23-9-11-24(12-10-23)14-17-15-27-21(22-17)19-6-5-18(25-3)13-20(19)26-4/h5-6,13,15-16H,7-12,14H2,1-4H3. The van der Waals surface area contributed by atoms with Crippen molar-refractivity contribution in [1.29, 1.82) is 0 Å². The van der Waals surface area contributed by atoms with E-state index in [-0.39, 0.29) is 0 Å². The molecular weight excluding hydrogens is 358 g/mol. The Morgan fingerprint density at radius 3 is 2.48 bits per heavy atom. The highest BCUT2D eigenvalue weighted by molar-refractivity contribution is 7.13. The Labute approximate surface area is 166 Å². The Balaban J connectivity index is 1.58. The van der Waals surface area contributed by atoms with Crippen molar-refractivity contribution in [3.63, 3.8) is 0 Å². The second-order valence-corrected chi connectivity index (χ2v) is 8.37. The molecule has 0 spiro atoms. The number of benzene rings is 1. The molecule has 0 amide bonds. The van der Waals surface area contributed by atoms with Crippen molar-refractivity contribution in [1.82, 2.24) is 14.8 Å². The third kappa shape index (κ3) is 5.43. The molecule has 1 aliphatic rings. The van der Waals surface area contributed by atoms with E-state index < -0.39 is 0 Å². The van der Waals surface area contributed by atoms with Gasteiger partial charge in [-0.15, -0.1) is 11.3 Å². The maximum absolute atomic E-state index is 5.52. The Hall–Kier alpha value is -1.63. The predicted molar refractivity (Wildman–Crippen MR) is 112 cm³/mol. The smallest absolute Gasteiger partial charge is 0.132 e. The summed E-state index contributed by atoms with van der Waals surface area (Å²) in [4.78, 5) is 9.96. The molecule has 148 valence electrons. The molecule has 5 nitrogen and oxygen atoms in total. The van der Waals surface area contributed by atoms with Gasteiger partial charge in [-0.3, -0.25) is 4.90 Å². The molecule has 1 fully saturated rings. The second-order valence-electron chi connectivity index (χ2n) is 7.51. The van der Waals surface area contributed by atoms with Gasteiger partial charge in [0.25, 0.3) is 0 Å². The van der Waals surface area contributed by atoms with Crippen LogP contribution in [0.5, 0.6) is 11.5 Å². The van der Waals surface area contributed by atoms with Crippen LogP contribution in [-0.4, -0.2) is 61.7 Å². The van der Waals surface area contributed by atoms with E-state index in [0.717, 1.165) is 66.4 Å². The number of methoxy groups -OCH3 is 2. The summed E-state index contributed by atoms with van der Waals surface area (Å²) in [7, 11) is 3.35. The highest BCUT2D eigenvalue weighted by atomic mass is 32.1. The lowest BCUT2D eigenvalue weighted by Gasteiger charge is -2.34. The van der Waals surface area contributed by atoms with Crippen LogP contribution in [0.25, 0.3) is 10.6 Å². The molecule has 0 N–H and O–H groups in total. The summed E-state index contributed by atoms with van der Waals surface area (Å²) in [6.45, 7) is 11.3. The second kappa shape index (κ2) is 9.53. The normalized spacial score (nSPS) is 16.0. The minimum absolute atomic E-state index is 0.784. The molecule has 1 aromatic carbocycles. The largest absolute Gasteiger partial charge is 0.497 e. The Morgan fingerprint density at radius 1 is 1.07 bits per heavy atom. The molecule has 27 heavy (non-hydrogen) atoms. The topological polar surface area (TPSA) is 37.8 Å². The lowest BCUT2D eigenvalue weighted by atomic mass is 10.1. The first-order chi connectivity index (χ1) is 13.1. The number of rotatable bonds is 8. The lowest BCUT2D eigenvalue weighted by molar-refractivity contribution is 0.122. The van der Waals surface area contributed by atoms with Gasteiger partial charge in [0.1, 0.15) is 16.5 Å². The molecule has 1 aliphatic heterocycles. The Morgan fingerprint density at radius 2 is 1.81 bits per heavy atom. The van der Waals surface area contributed by atoms with E-state index in [1.54, 1.807) is 25.6 Å². The quantitative estimate of drug-likeness (QED) is 0.682. The van der Waals surface area contributed by atoms with Crippen molar-refractivity contribution in [2.75, 3.05) is 46.9 Å². The van der Waals surface area contributed by atoms with Crippen LogP contribution in [0.15, 0.2) is 23.6 Å². The first kappa shape index (κ1) is 20.1. The van der Waals surface area contributed by atoms with Crippen molar-refractivity contribution in [3.05, 3.63) is 29.3 Å². The van der Waals surface area contributed by atoms with Crippen LogP contribution in [0.2, 0.25) is 0 Å². The van der Waals surface area contributed by atoms with Crippen molar-refractivity contribution < 1.29 is 9.47 Å². The van der Waals surface area contributed by atoms with Crippen LogP contribution in [0, 0.1) is 5.92 Å². The fourth-order valence-electron chi connectivity index (χ4n) is 3.32. The summed E-state index contributed by atoms with van der Waals surface area (Å²) in [5.41, 5.74) is 2.16. The molecule has 1 saturated heterocycles. The fourth-order valence-corrected chi connectivity index (χ4v) is 4.16. The molecule has 0 atom stereocenters. The summed E-state index contributed by atoms with van der Waals surface area (Å²) in [6.07, 6.45) is 1.29. The van der Waals surface area contributed by atoms with Gasteiger partial charge in [0, 0.05) is 44.2 Å². The van der Waals surface area contributed by atoms with Gasteiger partial charge in [0.05, 0.1) is 25.5 Å². The van der Waals surface area contributed by atoms with Crippen molar-refractivity contribution >= 4 is 11.3 Å². The summed E-state index contributed by atoms with van der Waals surface area (Å²) < 4.78 is 10.8. The first-order valence-corrected chi connectivity index (χ1v) is 10.6. The summed E-state index contributed by atoms with van der Waals surface area (Å²) in [5, 5.41) is 3.17. The van der Waals surface area contributed by atoms with Crippen molar-refractivity contribution in [2.45, 2.75) is 26.8 Å². The number of thiazole rings is 1. The van der Waals surface area contributed by atoms with Crippen molar-refractivity contribution in [3.8, 4) is 22.1 Å². The molecule has 0 unspecified atom stereocenters. The minimum atomic E-state index is 0.784. The van der Waals surface area contributed by atoms with Gasteiger partial charge in [0.2, 0.25) is 0 Å². The SMILES string of the molecule is COc1ccc(-c2nc(CN3CCN(CCC(C)C)CC3)cs2)c(OC)c1. The molecular formula is C21H31N3O2S. The van der Waals surface area contributed by atoms with Gasteiger partial charge in [-0.1, -0.05) is 13.8 Å². The van der Waals surface area contributed by atoms with Crippen LogP contribution in [0.4, 0.5) is 0 Å². The van der Waals surface area contributed by atoms with Gasteiger partial charge in [-0.25, -0.2) is 4.98 Å². The number of aromatic nitrogens is 1. The van der Waals surface area contributed by atoms with E-state index in [2.05, 4.69) is 29.0 Å². The summed E-state index contributed by atoms with van der Waals surface area (Å²) in [5.74, 6) is 2.38. The molecule has 0 saturated carbocycles. The number of hydrogen-bond donors (Lipinski definition) is 0. The third-order valence-electron chi connectivity index (χ3n) is 5.06. The van der Waals surface area contributed by atoms with E-state index >= 15 is 0 Å². The Kier molecular flexibility index (Phi) is 7.10. The summed E-state index contributed by atoms with van der Waals surface area (Å²) in [6, 6.07) is 5.88.